The van der Waals surface area contributed by atoms with E-state index >= 15 is 0 Å². The largest absolute Gasteiger partial charge is 0.356 e. The third kappa shape index (κ3) is 4.64. The lowest BCUT2D eigenvalue weighted by atomic mass is 10.2. The summed E-state index contributed by atoms with van der Waals surface area (Å²) in [4.78, 5) is 25.1. The third-order valence-electron chi connectivity index (χ3n) is 3.56. The molecule has 128 valence electrons. The Morgan fingerprint density at radius 2 is 2.04 bits per heavy atom. The SMILES string of the molecule is CC(=O)NCCc1ccc(C(=O)CSc2nncc3ccccc23)s1. The van der Waals surface area contributed by atoms with Crippen molar-refractivity contribution in [3.05, 3.63) is 52.3 Å². The number of ketones is 1. The van der Waals surface area contributed by atoms with Crippen LogP contribution in [0.2, 0.25) is 0 Å². The van der Waals surface area contributed by atoms with Gasteiger partial charge < -0.3 is 5.32 Å². The van der Waals surface area contributed by atoms with E-state index in [9.17, 15) is 9.59 Å². The van der Waals surface area contributed by atoms with Crippen molar-refractivity contribution < 1.29 is 9.59 Å². The molecule has 7 heteroatoms. The number of hydrogen-bond donors (Lipinski definition) is 1. The van der Waals surface area contributed by atoms with E-state index in [1.54, 1.807) is 6.20 Å². The Bertz CT molecular complexity index is 903. The van der Waals surface area contributed by atoms with Crippen LogP contribution in [0.15, 0.2) is 47.6 Å². The van der Waals surface area contributed by atoms with Crippen LogP contribution in [-0.4, -0.2) is 34.2 Å². The highest BCUT2D eigenvalue weighted by atomic mass is 32.2. The maximum absolute atomic E-state index is 12.4. The Balaban J connectivity index is 1.61. The lowest BCUT2D eigenvalue weighted by Crippen LogP contribution is -2.22. The van der Waals surface area contributed by atoms with Crippen molar-refractivity contribution in [2.75, 3.05) is 12.3 Å². The van der Waals surface area contributed by atoms with Crippen molar-refractivity contribution in [2.45, 2.75) is 18.4 Å². The molecule has 0 saturated heterocycles. The lowest BCUT2D eigenvalue weighted by Gasteiger charge is -2.03. The molecule has 1 N–H and O–H groups in total. The average Bonchev–Trinajstić information content (AvgIpc) is 3.08. The molecule has 0 radical (unpaired) electrons. The Labute approximate surface area is 153 Å². The first-order valence-corrected chi connectivity index (χ1v) is 9.63. The van der Waals surface area contributed by atoms with Gasteiger partial charge in [0.05, 0.1) is 16.8 Å². The second kappa shape index (κ2) is 8.22. The highest BCUT2D eigenvalue weighted by Crippen LogP contribution is 2.26. The minimum Gasteiger partial charge on any atom is -0.356 e. The van der Waals surface area contributed by atoms with Crippen LogP contribution < -0.4 is 5.32 Å². The highest BCUT2D eigenvalue weighted by Gasteiger charge is 2.12. The van der Waals surface area contributed by atoms with Crippen LogP contribution in [0, 0.1) is 0 Å². The van der Waals surface area contributed by atoms with Gasteiger partial charge in [0.25, 0.3) is 0 Å². The fraction of sp³-hybridized carbons (Fsp3) is 0.222. The molecule has 1 amide bonds. The molecule has 3 rings (SSSR count). The number of fused-ring (bicyclic) bond motifs is 1. The summed E-state index contributed by atoms with van der Waals surface area (Å²) >= 11 is 2.89. The number of hydrogen-bond acceptors (Lipinski definition) is 6. The molecular weight excluding hydrogens is 354 g/mol. The summed E-state index contributed by atoms with van der Waals surface area (Å²) in [5, 5.41) is 13.7. The van der Waals surface area contributed by atoms with Crippen molar-refractivity contribution >= 4 is 45.6 Å². The Morgan fingerprint density at radius 3 is 2.88 bits per heavy atom. The lowest BCUT2D eigenvalue weighted by molar-refractivity contribution is -0.118. The molecule has 2 aromatic heterocycles. The monoisotopic (exact) mass is 371 g/mol. The number of aromatic nitrogens is 2. The van der Waals surface area contributed by atoms with Crippen molar-refractivity contribution in [1.29, 1.82) is 0 Å². The Hall–Kier alpha value is -2.25. The van der Waals surface area contributed by atoms with Crippen LogP contribution in [0.25, 0.3) is 10.8 Å². The fourth-order valence-electron chi connectivity index (χ4n) is 2.34. The number of thioether (sulfide) groups is 1. The molecule has 0 aliphatic carbocycles. The minimum atomic E-state index is -0.0412. The van der Waals surface area contributed by atoms with Crippen LogP contribution in [0.5, 0.6) is 0 Å². The molecule has 2 heterocycles. The van der Waals surface area contributed by atoms with Crippen LogP contribution in [0.1, 0.15) is 21.5 Å². The number of nitrogens with one attached hydrogen (secondary N) is 1. The number of amides is 1. The molecule has 0 spiro atoms. The van der Waals surface area contributed by atoms with Crippen LogP contribution in [0.4, 0.5) is 0 Å². The third-order valence-corrected chi connectivity index (χ3v) is 5.73. The van der Waals surface area contributed by atoms with Crippen molar-refractivity contribution in [3.8, 4) is 0 Å². The maximum atomic E-state index is 12.4. The average molecular weight is 371 g/mol. The first-order valence-electron chi connectivity index (χ1n) is 7.83. The predicted molar refractivity (Wildman–Crippen MR) is 101 cm³/mol. The molecule has 0 aliphatic rings. The molecule has 0 bridgehead atoms. The zero-order valence-corrected chi connectivity index (χ0v) is 15.3. The summed E-state index contributed by atoms with van der Waals surface area (Å²) in [5.41, 5.74) is 0. The first kappa shape index (κ1) is 17.6. The summed E-state index contributed by atoms with van der Waals surface area (Å²) in [6.07, 6.45) is 2.46. The summed E-state index contributed by atoms with van der Waals surface area (Å²) < 4.78 is 0. The van der Waals surface area contributed by atoms with E-state index in [1.165, 1.54) is 30.0 Å². The minimum absolute atomic E-state index is 0.0412. The molecule has 5 nitrogen and oxygen atoms in total. The van der Waals surface area contributed by atoms with Gasteiger partial charge in [0.1, 0.15) is 5.03 Å². The summed E-state index contributed by atoms with van der Waals surface area (Å²) in [6.45, 7) is 2.08. The second-order valence-corrected chi connectivity index (χ2v) is 7.58. The van der Waals surface area contributed by atoms with E-state index in [0.717, 1.165) is 32.0 Å². The van der Waals surface area contributed by atoms with Gasteiger partial charge in [-0.15, -0.1) is 16.4 Å². The Kier molecular flexibility index (Phi) is 5.78. The van der Waals surface area contributed by atoms with Crippen LogP contribution in [0.3, 0.4) is 0 Å². The number of nitrogens with zero attached hydrogens (tertiary/aromatic N) is 2. The number of thiophene rings is 1. The van der Waals surface area contributed by atoms with Gasteiger partial charge in [0.2, 0.25) is 5.91 Å². The molecule has 0 fully saturated rings. The number of carbonyl (C=O) groups excluding carboxylic acids is 2. The van der Waals surface area contributed by atoms with Gasteiger partial charge in [-0.2, -0.15) is 5.10 Å². The quantitative estimate of drug-likeness (QED) is 0.509. The van der Waals surface area contributed by atoms with Gasteiger partial charge in [-0.1, -0.05) is 36.0 Å². The number of Topliss-reactive ketones (excluding diaryl/α,β-unsaturated/α-hetero) is 1. The number of benzene rings is 1. The van der Waals surface area contributed by atoms with E-state index in [1.807, 2.05) is 36.4 Å². The van der Waals surface area contributed by atoms with Crippen LogP contribution in [-0.2, 0) is 11.2 Å². The standard InChI is InChI=1S/C18H17N3O2S2/c1-12(22)19-9-8-14-6-7-17(25-14)16(23)11-24-18-15-5-3-2-4-13(15)10-20-21-18/h2-7,10H,8-9,11H2,1H3,(H,19,22). The van der Waals surface area contributed by atoms with E-state index in [0.29, 0.717) is 12.3 Å². The molecule has 25 heavy (non-hydrogen) atoms. The Morgan fingerprint density at radius 1 is 1.20 bits per heavy atom. The number of rotatable bonds is 7. The van der Waals surface area contributed by atoms with Gasteiger partial charge in [0.15, 0.2) is 5.78 Å². The summed E-state index contributed by atoms with van der Waals surface area (Å²) in [6, 6.07) is 11.7. The highest BCUT2D eigenvalue weighted by molar-refractivity contribution is 8.00. The van der Waals surface area contributed by atoms with E-state index < -0.39 is 0 Å². The first-order chi connectivity index (χ1) is 12.1. The summed E-state index contributed by atoms with van der Waals surface area (Å²) in [5.74, 6) is 0.366. The van der Waals surface area contributed by atoms with Crippen molar-refractivity contribution in [3.63, 3.8) is 0 Å². The van der Waals surface area contributed by atoms with Gasteiger partial charge in [-0.05, 0) is 18.6 Å². The zero-order chi connectivity index (χ0) is 17.6. The van der Waals surface area contributed by atoms with Gasteiger partial charge in [-0.25, -0.2) is 0 Å². The zero-order valence-electron chi connectivity index (χ0n) is 13.7. The fourth-order valence-corrected chi connectivity index (χ4v) is 4.24. The molecule has 0 aliphatic heterocycles. The van der Waals surface area contributed by atoms with E-state index in [4.69, 9.17) is 0 Å². The van der Waals surface area contributed by atoms with Gasteiger partial charge >= 0.3 is 0 Å². The smallest absolute Gasteiger partial charge is 0.216 e. The van der Waals surface area contributed by atoms with Gasteiger partial charge in [0, 0.05) is 29.1 Å². The molecule has 0 atom stereocenters. The van der Waals surface area contributed by atoms with Crippen molar-refractivity contribution in [1.82, 2.24) is 15.5 Å². The maximum Gasteiger partial charge on any atom is 0.216 e. The van der Waals surface area contributed by atoms with E-state index in [2.05, 4.69) is 15.5 Å². The topological polar surface area (TPSA) is 72.0 Å². The summed E-state index contributed by atoms with van der Waals surface area (Å²) in [7, 11) is 0. The van der Waals surface area contributed by atoms with E-state index in [-0.39, 0.29) is 11.7 Å². The molecule has 0 unspecified atom stereocenters. The molecule has 0 saturated carbocycles. The second-order valence-electron chi connectivity index (χ2n) is 5.45. The van der Waals surface area contributed by atoms with Gasteiger partial charge in [-0.3, -0.25) is 9.59 Å². The number of carbonyl (C=O) groups is 2. The predicted octanol–water partition coefficient (Wildman–Crippen LogP) is 3.34. The van der Waals surface area contributed by atoms with Crippen LogP contribution >= 0.6 is 23.1 Å². The van der Waals surface area contributed by atoms with Crippen molar-refractivity contribution in [2.24, 2.45) is 0 Å². The molecular formula is C18H17N3O2S2. The normalized spacial score (nSPS) is 10.8. The molecule has 3 aromatic rings. The molecule has 1 aromatic carbocycles.